The Hall–Kier alpha value is -1.15. The van der Waals surface area contributed by atoms with Crippen molar-refractivity contribution in [2.45, 2.75) is 26.2 Å². The predicted molar refractivity (Wildman–Crippen MR) is 68.9 cm³/mol. The zero-order chi connectivity index (χ0) is 14.9. The van der Waals surface area contributed by atoms with Crippen LogP contribution < -0.4 is 0 Å². The number of ether oxygens (including phenoxy) is 2. The molecular formula is C11H21NO6S. The predicted octanol–water partition coefficient (Wildman–Crippen LogP) is 0.154. The van der Waals surface area contributed by atoms with Crippen molar-refractivity contribution < 1.29 is 27.5 Å². The van der Waals surface area contributed by atoms with E-state index in [4.69, 9.17) is 4.74 Å². The second-order valence-corrected chi connectivity index (χ2v) is 6.07. The highest BCUT2D eigenvalue weighted by molar-refractivity contribution is 7.89. The topological polar surface area (TPSA) is 90.0 Å². The summed E-state index contributed by atoms with van der Waals surface area (Å²) in [5, 5.41) is 0. The van der Waals surface area contributed by atoms with Gasteiger partial charge in [-0.25, -0.2) is 12.7 Å². The lowest BCUT2D eigenvalue weighted by Crippen LogP contribution is -2.31. The first-order valence-corrected chi connectivity index (χ1v) is 7.60. The molecule has 0 N–H and O–H groups in total. The molecule has 0 aromatic rings. The number of carbonyl (C=O) groups is 2. The summed E-state index contributed by atoms with van der Waals surface area (Å²) in [6.45, 7) is 2.03. The van der Waals surface area contributed by atoms with Gasteiger partial charge in [0.1, 0.15) is 0 Å². The number of carbonyl (C=O) groups excluding carboxylic acids is 2. The molecule has 0 atom stereocenters. The highest BCUT2D eigenvalue weighted by Crippen LogP contribution is 2.04. The van der Waals surface area contributed by atoms with E-state index in [1.807, 2.05) is 0 Å². The van der Waals surface area contributed by atoms with Gasteiger partial charge in [0, 0.05) is 20.0 Å². The standard InChI is InChI=1S/C11H21NO6S/c1-4-18-11(14)7-8-12(2)19(15,16)9-5-6-10(13)17-3/h4-9H2,1-3H3. The molecule has 0 spiro atoms. The molecule has 0 fully saturated rings. The molecule has 0 unspecified atom stereocenters. The van der Waals surface area contributed by atoms with Crippen molar-refractivity contribution in [1.29, 1.82) is 0 Å². The molecule has 0 aliphatic carbocycles. The summed E-state index contributed by atoms with van der Waals surface area (Å²) in [6.07, 6.45) is 0.265. The van der Waals surface area contributed by atoms with E-state index < -0.39 is 22.0 Å². The lowest BCUT2D eigenvalue weighted by molar-refractivity contribution is -0.143. The first-order valence-electron chi connectivity index (χ1n) is 6.00. The van der Waals surface area contributed by atoms with Gasteiger partial charge in [-0.2, -0.15) is 0 Å². The highest BCUT2D eigenvalue weighted by atomic mass is 32.2. The van der Waals surface area contributed by atoms with Crippen LogP contribution in [0.25, 0.3) is 0 Å². The van der Waals surface area contributed by atoms with Gasteiger partial charge in [0.2, 0.25) is 10.0 Å². The minimum absolute atomic E-state index is 0.0145. The van der Waals surface area contributed by atoms with Gasteiger partial charge >= 0.3 is 11.9 Å². The monoisotopic (exact) mass is 295 g/mol. The van der Waals surface area contributed by atoms with Crippen LogP contribution in [0.5, 0.6) is 0 Å². The maximum Gasteiger partial charge on any atom is 0.307 e. The van der Waals surface area contributed by atoms with Crippen molar-refractivity contribution in [3.63, 3.8) is 0 Å². The fraction of sp³-hybridized carbons (Fsp3) is 0.818. The van der Waals surface area contributed by atoms with Crippen molar-refractivity contribution in [1.82, 2.24) is 4.31 Å². The molecular weight excluding hydrogens is 274 g/mol. The highest BCUT2D eigenvalue weighted by Gasteiger charge is 2.19. The van der Waals surface area contributed by atoms with E-state index in [0.29, 0.717) is 0 Å². The van der Waals surface area contributed by atoms with E-state index in [1.165, 1.54) is 14.2 Å². The van der Waals surface area contributed by atoms with E-state index in [-0.39, 0.29) is 38.2 Å². The average Bonchev–Trinajstić information content (AvgIpc) is 2.35. The normalized spacial score (nSPS) is 11.4. The number of methoxy groups -OCH3 is 1. The van der Waals surface area contributed by atoms with Crippen molar-refractivity contribution in [3.05, 3.63) is 0 Å². The number of hydrogen-bond donors (Lipinski definition) is 0. The van der Waals surface area contributed by atoms with E-state index in [9.17, 15) is 18.0 Å². The lowest BCUT2D eigenvalue weighted by atomic mass is 10.3. The van der Waals surface area contributed by atoms with Crippen LogP contribution in [0.15, 0.2) is 0 Å². The molecule has 8 heteroatoms. The van der Waals surface area contributed by atoms with E-state index >= 15 is 0 Å². The van der Waals surface area contributed by atoms with Crippen LogP contribution in [0.3, 0.4) is 0 Å². The second kappa shape index (κ2) is 8.87. The minimum atomic E-state index is -3.46. The molecule has 0 aromatic heterocycles. The third kappa shape index (κ3) is 7.78. The molecule has 112 valence electrons. The summed E-state index contributed by atoms with van der Waals surface area (Å²) in [6, 6.07) is 0. The summed E-state index contributed by atoms with van der Waals surface area (Å²) >= 11 is 0. The number of esters is 2. The maximum atomic E-state index is 11.8. The molecule has 0 rings (SSSR count). The number of rotatable bonds is 9. The molecule has 0 aliphatic heterocycles. The zero-order valence-corrected chi connectivity index (χ0v) is 12.4. The maximum absolute atomic E-state index is 11.8. The fourth-order valence-electron chi connectivity index (χ4n) is 1.28. The van der Waals surface area contributed by atoms with Crippen LogP contribution in [-0.2, 0) is 29.1 Å². The molecule has 0 radical (unpaired) electrons. The van der Waals surface area contributed by atoms with Crippen LogP contribution in [-0.4, -0.2) is 57.7 Å². The van der Waals surface area contributed by atoms with Gasteiger partial charge in [-0.3, -0.25) is 9.59 Å². The molecule has 0 saturated carbocycles. The van der Waals surface area contributed by atoms with Gasteiger partial charge in [0.25, 0.3) is 0 Å². The van der Waals surface area contributed by atoms with E-state index in [0.717, 1.165) is 4.31 Å². The Labute approximate surface area is 113 Å². The fourth-order valence-corrected chi connectivity index (χ4v) is 2.47. The SMILES string of the molecule is CCOC(=O)CCN(C)S(=O)(=O)CCCC(=O)OC. The third-order valence-corrected chi connectivity index (χ3v) is 4.36. The van der Waals surface area contributed by atoms with Gasteiger partial charge in [0.15, 0.2) is 0 Å². The second-order valence-electron chi connectivity index (χ2n) is 3.87. The van der Waals surface area contributed by atoms with Crippen LogP contribution in [0.4, 0.5) is 0 Å². The smallest absolute Gasteiger partial charge is 0.307 e. The third-order valence-electron chi connectivity index (χ3n) is 2.42. The van der Waals surface area contributed by atoms with E-state index in [2.05, 4.69) is 4.74 Å². The van der Waals surface area contributed by atoms with Crippen LogP contribution in [0.2, 0.25) is 0 Å². The van der Waals surface area contributed by atoms with Crippen molar-refractivity contribution in [2.24, 2.45) is 0 Å². The van der Waals surface area contributed by atoms with Crippen molar-refractivity contribution >= 4 is 22.0 Å². The Morgan fingerprint density at radius 3 is 2.32 bits per heavy atom. The molecule has 0 amide bonds. The summed E-state index contributed by atoms with van der Waals surface area (Å²) in [5.41, 5.74) is 0. The molecule has 0 heterocycles. The van der Waals surface area contributed by atoms with Gasteiger partial charge in [-0.05, 0) is 13.3 Å². The Bertz CT molecular complexity index is 392. The zero-order valence-electron chi connectivity index (χ0n) is 11.5. The Balaban J connectivity index is 4.10. The van der Waals surface area contributed by atoms with Gasteiger partial charge in [-0.1, -0.05) is 0 Å². The van der Waals surface area contributed by atoms with Crippen LogP contribution in [0, 0.1) is 0 Å². The molecule has 0 bridgehead atoms. The van der Waals surface area contributed by atoms with Crippen LogP contribution in [0.1, 0.15) is 26.2 Å². The molecule has 0 aliphatic rings. The molecule has 0 saturated heterocycles. The first-order chi connectivity index (χ1) is 8.83. The molecule has 0 aromatic carbocycles. The number of nitrogens with zero attached hydrogens (tertiary/aromatic N) is 1. The summed E-state index contributed by atoms with van der Waals surface area (Å²) in [5.74, 6) is -1.02. The largest absolute Gasteiger partial charge is 0.469 e. The first kappa shape index (κ1) is 17.8. The number of sulfonamides is 1. The summed E-state index contributed by atoms with van der Waals surface area (Å²) in [4.78, 5) is 22.0. The van der Waals surface area contributed by atoms with E-state index in [1.54, 1.807) is 6.92 Å². The Morgan fingerprint density at radius 2 is 1.79 bits per heavy atom. The van der Waals surface area contributed by atoms with Crippen LogP contribution >= 0.6 is 0 Å². The van der Waals surface area contributed by atoms with Gasteiger partial charge in [-0.15, -0.1) is 0 Å². The molecule has 19 heavy (non-hydrogen) atoms. The quantitative estimate of drug-likeness (QED) is 0.563. The van der Waals surface area contributed by atoms with Crippen molar-refractivity contribution in [3.8, 4) is 0 Å². The van der Waals surface area contributed by atoms with Crippen molar-refractivity contribution in [2.75, 3.05) is 33.1 Å². The Kier molecular flexibility index (Phi) is 8.33. The Morgan fingerprint density at radius 1 is 1.16 bits per heavy atom. The van der Waals surface area contributed by atoms with Gasteiger partial charge < -0.3 is 9.47 Å². The molecule has 7 nitrogen and oxygen atoms in total. The average molecular weight is 295 g/mol. The summed E-state index contributed by atoms with van der Waals surface area (Å²) < 4.78 is 33.8. The number of hydrogen-bond acceptors (Lipinski definition) is 6. The lowest BCUT2D eigenvalue weighted by Gasteiger charge is -2.16. The minimum Gasteiger partial charge on any atom is -0.469 e. The van der Waals surface area contributed by atoms with Gasteiger partial charge in [0.05, 0.1) is 25.9 Å². The summed E-state index contributed by atoms with van der Waals surface area (Å²) in [7, 11) is -0.809.